The first kappa shape index (κ1) is 17.3. The molecule has 0 aliphatic carbocycles. The molecular weight excluding hydrogens is 331 g/mol. The summed E-state index contributed by atoms with van der Waals surface area (Å²) in [6.45, 7) is 5.88. The minimum Gasteiger partial charge on any atom is -0.413 e. The number of aryl methyl sites for hydroxylation is 3. The quantitative estimate of drug-likeness (QED) is 0.562. The van der Waals surface area contributed by atoms with E-state index in [1.165, 1.54) is 0 Å². The highest BCUT2D eigenvalue weighted by atomic mass is 31.2. The molecule has 128 valence electrons. The Bertz CT molecular complexity index is 882. The van der Waals surface area contributed by atoms with Gasteiger partial charge in [0, 0.05) is 0 Å². The second-order valence-corrected chi connectivity index (χ2v) is 8.03. The summed E-state index contributed by atoms with van der Waals surface area (Å²) in [5.41, 5.74) is 3.06. The van der Waals surface area contributed by atoms with E-state index in [-0.39, 0.29) is 0 Å². The fraction of sp³-hybridized carbons (Fsp3) is 0.143. The van der Waals surface area contributed by atoms with Crippen LogP contribution in [0.4, 0.5) is 0 Å². The Balaban J connectivity index is 2.02. The first-order valence-corrected chi connectivity index (χ1v) is 9.69. The van der Waals surface area contributed by atoms with Crippen molar-refractivity contribution < 1.29 is 13.6 Å². The van der Waals surface area contributed by atoms with Crippen LogP contribution in [0.1, 0.15) is 16.7 Å². The molecule has 0 bridgehead atoms. The SMILES string of the molecule is Cc1cccc(OP(=O)(Oc2cccc(C)c2)c2cccc(C)c2)c1. The molecular formula is C21H21O3P. The molecule has 0 spiro atoms. The second-order valence-electron chi connectivity index (χ2n) is 6.15. The molecule has 0 saturated carbocycles. The highest BCUT2D eigenvalue weighted by molar-refractivity contribution is 7.63. The smallest absolute Gasteiger partial charge is 0.413 e. The molecule has 4 heteroatoms. The lowest BCUT2D eigenvalue weighted by Crippen LogP contribution is -2.15. The van der Waals surface area contributed by atoms with E-state index in [9.17, 15) is 4.57 Å². The Morgan fingerprint density at radius 3 is 1.52 bits per heavy atom. The van der Waals surface area contributed by atoms with Gasteiger partial charge in [-0.05, 0) is 68.3 Å². The standard InChI is InChI=1S/C21H21O3P/c1-16-7-4-10-19(13-16)23-25(22,21-12-6-9-18(3)15-21)24-20-11-5-8-17(2)14-20/h4-15H,1-3H3. The first-order chi connectivity index (χ1) is 11.9. The fourth-order valence-electron chi connectivity index (χ4n) is 2.54. The maximum atomic E-state index is 13.7. The van der Waals surface area contributed by atoms with E-state index in [0.29, 0.717) is 16.8 Å². The summed E-state index contributed by atoms with van der Waals surface area (Å²) in [4.78, 5) is 0. The van der Waals surface area contributed by atoms with E-state index in [1.807, 2.05) is 75.4 Å². The van der Waals surface area contributed by atoms with Crippen molar-refractivity contribution in [3.8, 4) is 11.5 Å². The summed E-state index contributed by atoms with van der Waals surface area (Å²) in [6.07, 6.45) is 0. The summed E-state index contributed by atoms with van der Waals surface area (Å²) in [5.74, 6) is 1.05. The minimum absolute atomic E-state index is 0.525. The van der Waals surface area contributed by atoms with E-state index < -0.39 is 7.60 Å². The van der Waals surface area contributed by atoms with Crippen LogP contribution >= 0.6 is 7.60 Å². The Hall–Kier alpha value is -2.51. The van der Waals surface area contributed by atoms with Crippen LogP contribution in [0.3, 0.4) is 0 Å². The normalized spacial score (nSPS) is 11.2. The molecule has 0 fully saturated rings. The summed E-state index contributed by atoms with van der Waals surface area (Å²) < 4.78 is 25.5. The van der Waals surface area contributed by atoms with E-state index >= 15 is 0 Å². The van der Waals surface area contributed by atoms with Crippen LogP contribution in [0, 0.1) is 20.8 Å². The lowest BCUT2D eigenvalue weighted by molar-refractivity contribution is 0.399. The van der Waals surface area contributed by atoms with Gasteiger partial charge in [0.05, 0.1) is 5.30 Å². The molecule has 0 radical (unpaired) electrons. The second kappa shape index (κ2) is 7.16. The molecule has 0 saturated heterocycles. The van der Waals surface area contributed by atoms with E-state index in [2.05, 4.69) is 0 Å². The van der Waals surface area contributed by atoms with Crippen LogP contribution in [0.5, 0.6) is 11.5 Å². The van der Waals surface area contributed by atoms with Gasteiger partial charge in [-0.15, -0.1) is 0 Å². The topological polar surface area (TPSA) is 35.5 Å². The zero-order chi connectivity index (χ0) is 17.9. The molecule has 0 unspecified atom stereocenters. The lowest BCUT2D eigenvalue weighted by atomic mass is 10.2. The van der Waals surface area contributed by atoms with Crippen LogP contribution in [-0.4, -0.2) is 0 Å². The van der Waals surface area contributed by atoms with Crippen molar-refractivity contribution in [3.05, 3.63) is 89.5 Å². The molecule has 3 aromatic carbocycles. The van der Waals surface area contributed by atoms with Gasteiger partial charge < -0.3 is 9.05 Å². The monoisotopic (exact) mass is 352 g/mol. The van der Waals surface area contributed by atoms with E-state index in [1.54, 1.807) is 18.2 Å². The molecule has 0 N–H and O–H groups in total. The van der Waals surface area contributed by atoms with E-state index in [0.717, 1.165) is 16.7 Å². The average molecular weight is 352 g/mol. The lowest BCUT2D eigenvalue weighted by Gasteiger charge is -2.21. The summed E-state index contributed by atoms with van der Waals surface area (Å²) >= 11 is 0. The molecule has 3 aromatic rings. The highest BCUT2D eigenvalue weighted by Gasteiger charge is 2.31. The summed E-state index contributed by atoms with van der Waals surface area (Å²) in [5, 5.41) is 0.538. The Morgan fingerprint density at radius 2 is 1.08 bits per heavy atom. The number of hydrogen-bond acceptors (Lipinski definition) is 3. The van der Waals surface area contributed by atoms with Gasteiger partial charge in [-0.3, -0.25) is 0 Å². The van der Waals surface area contributed by atoms with Gasteiger partial charge in [0.15, 0.2) is 0 Å². The maximum absolute atomic E-state index is 13.7. The third-order valence-corrected chi connectivity index (χ3v) is 5.56. The molecule has 0 aromatic heterocycles. The van der Waals surface area contributed by atoms with Crippen molar-refractivity contribution in [2.45, 2.75) is 20.8 Å². The van der Waals surface area contributed by atoms with E-state index in [4.69, 9.17) is 9.05 Å². The van der Waals surface area contributed by atoms with Gasteiger partial charge in [0.2, 0.25) is 0 Å². The van der Waals surface area contributed by atoms with Crippen molar-refractivity contribution in [1.82, 2.24) is 0 Å². The molecule has 3 rings (SSSR count). The molecule has 25 heavy (non-hydrogen) atoms. The zero-order valence-electron chi connectivity index (χ0n) is 14.6. The molecule has 3 nitrogen and oxygen atoms in total. The number of benzene rings is 3. The van der Waals surface area contributed by atoms with Crippen LogP contribution in [0.25, 0.3) is 0 Å². The maximum Gasteiger partial charge on any atom is 0.462 e. The average Bonchev–Trinajstić information content (AvgIpc) is 2.55. The zero-order valence-corrected chi connectivity index (χ0v) is 15.5. The highest BCUT2D eigenvalue weighted by Crippen LogP contribution is 2.47. The predicted octanol–water partition coefficient (Wildman–Crippen LogP) is 5.59. The Morgan fingerprint density at radius 1 is 0.640 bits per heavy atom. The van der Waals surface area contributed by atoms with Gasteiger partial charge in [0.25, 0.3) is 0 Å². The van der Waals surface area contributed by atoms with Gasteiger partial charge in [-0.1, -0.05) is 42.0 Å². The van der Waals surface area contributed by atoms with Crippen molar-refractivity contribution in [3.63, 3.8) is 0 Å². The third kappa shape index (κ3) is 4.32. The van der Waals surface area contributed by atoms with Gasteiger partial charge in [-0.2, -0.15) is 0 Å². The minimum atomic E-state index is -3.58. The van der Waals surface area contributed by atoms with Crippen LogP contribution < -0.4 is 14.4 Å². The molecule has 0 amide bonds. The Kier molecular flexibility index (Phi) is 4.96. The third-order valence-electron chi connectivity index (χ3n) is 3.75. The summed E-state index contributed by atoms with van der Waals surface area (Å²) in [7, 11) is -3.58. The molecule has 0 aliphatic rings. The van der Waals surface area contributed by atoms with Gasteiger partial charge in [-0.25, -0.2) is 4.57 Å². The van der Waals surface area contributed by atoms with Crippen molar-refractivity contribution >= 4 is 12.9 Å². The van der Waals surface area contributed by atoms with Crippen molar-refractivity contribution in [2.24, 2.45) is 0 Å². The molecule has 0 heterocycles. The van der Waals surface area contributed by atoms with Crippen molar-refractivity contribution in [1.29, 1.82) is 0 Å². The van der Waals surface area contributed by atoms with Gasteiger partial charge in [0.1, 0.15) is 11.5 Å². The van der Waals surface area contributed by atoms with Crippen LogP contribution in [0.2, 0.25) is 0 Å². The Labute approximate surface area is 148 Å². The summed E-state index contributed by atoms with van der Waals surface area (Å²) in [6, 6.07) is 22.4. The largest absolute Gasteiger partial charge is 0.462 e. The molecule has 0 aliphatic heterocycles. The molecule has 0 atom stereocenters. The van der Waals surface area contributed by atoms with Crippen LogP contribution in [0.15, 0.2) is 72.8 Å². The number of hydrogen-bond donors (Lipinski definition) is 0. The number of rotatable bonds is 5. The first-order valence-electron chi connectivity index (χ1n) is 8.14. The fourth-order valence-corrected chi connectivity index (χ4v) is 4.20. The van der Waals surface area contributed by atoms with Gasteiger partial charge >= 0.3 is 7.60 Å². The van der Waals surface area contributed by atoms with Crippen molar-refractivity contribution in [2.75, 3.05) is 0 Å². The predicted molar refractivity (Wildman–Crippen MR) is 102 cm³/mol. The van der Waals surface area contributed by atoms with Crippen LogP contribution in [-0.2, 0) is 4.57 Å².